The molecule has 1 aromatic heterocycles. The second-order valence-electron chi connectivity index (χ2n) is 6.97. The fourth-order valence-corrected chi connectivity index (χ4v) is 3.99. The first-order valence-electron chi connectivity index (χ1n) is 9.02. The number of hydrogen-bond donors (Lipinski definition) is 1. The van der Waals surface area contributed by atoms with Crippen LogP contribution in [0.25, 0.3) is 0 Å². The van der Waals surface area contributed by atoms with E-state index in [1.165, 1.54) is 17.5 Å². The molecule has 1 saturated heterocycles. The first kappa shape index (κ1) is 16.1. The minimum Gasteiger partial charge on any atom is -0.384 e. The van der Waals surface area contributed by atoms with Crippen LogP contribution in [0.5, 0.6) is 0 Å². The van der Waals surface area contributed by atoms with Gasteiger partial charge in [0.2, 0.25) is 0 Å². The fourth-order valence-electron chi connectivity index (χ4n) is 3.99. The van der Waals surface area contributed by atoms with Crippen molar-refractivity contribution in [3.63, 3.8) is 0 Å². The third kappa shape index (κ3) is 3.37. The standard InChI is InChI=1S/C20H24N4O/c21-19-8-6-17(14-22-19)20(25)24-11-9-23(10-12-24)18-7-5-15-3-1-2-4-16(15)13-18/h1-4,6,8,14,18H,5,7,9-13H2,(H2,21,22)/t18-/m1/s1. The maximum Gasteiger partial charge on any atom is 0.255 e. The van der Waals surface area contributed by atoms with Gasteiger partial charge in [-0.05, 0) is 42.5 Å². The molecule has 1 aliphatic heterocycles. The van der Waals surface area contributed by atoms with Crippen LogP contribution in [0.4, 0.5) is 5.82 Å². The summed E-state index contributed by atoms with van der Waals surface area (Å²) >= 11 is 0. The van der Waals surface area contributed by atoms with Crippen molar-refractivity contribution >= 4 is 11.7 Å². The molecule has 1 aromatic carbocycles. The molecule has 2 aliphatic rings. The highest BCUT2D eigenvalue weighted by Gasteiger charge is 2.28. The zero-order valence-corrected chi connectivity index (χ0v) is 14.4. The molecule has 130 valence electrons. The number of nitrogens with zero attached hydrogens (tertiary/aromatic N) is 3. The van der Waals surface area contributed by atoms with Crippen LogP contribution < -0.4 is 5.73 Å². The largest absolute Gasteiger partial charge is 0.384 e. The molecule has 1 atom stereocenters. The normalized spacial score (nSPS) is 21.0. The number of carbonyl (C=O) groups excluding carboxylic acids is 1. The van der Waals surface area contributed by atoms with Crippen molar-refractivity contribution in [2.45, 2.75) is 25.3 Å². The van der Waals surface area contributed by atoms with Gasteiger partial charge < -0.3 is 10.6 Å². The first-order valence-corrected chi connectivity index (χ1v) is 9.02. The molecule has 0 bridgehead atoms. The van der Waals surface area contributed by atoms with E-state index >= 15 is 0 Å². The summed E-state index contributed by atoms with van der Waals surface area (Å²) in [7, 11) is 0. The Bertz CT molecular complexity index is 751. The van der Waals surface area contributed by atoms with Crippen LogP contribution in [0.15, 0.2) is 42.6 Å². The Kier molecular flexibility index (Phi) is 4.40. The lowest BCUT2D eigenvalue weighted by Gasteiger charge is -2.41. The summed E-state index contributed by atoms with van der Waals surface area (Å²) in [6, 6.07) is 12.8. The number of piperazine rings is 1. The van der Waals surface area contributed by atoms with Gasteiger partial charge in [0.15, 0.2) is 0 Å². The molecule has 0 radical (unpaired) electrons. The van der Waals surface area contributed by atoms with E-state index in [0.717, 1.165) is 39.0 Å². The lowest BCUT2D eigenvalue weighted by atomic mass is 9.87. The van der Waals surface area contributed by atoms with Gasteiger partial charge in [-0.2, -0.15) is 0 Å². The van der Waals surface area contributed by atoms with E-state index in [9.17, 15) is 4.79 Å². The predicted molar refractivity (Wildman–Crippen MR) is 98.4 cm³/mol. The van der Waals surface area contributed by atoms with E-state index in [4.69, 9.17) is 5.73 Å². The quantitative estimate of drug-likeness (QED) is 0.911. The van der Waals surface area contributed by atoms with Crippen LogP contribution in [0.2, 0.25) is 0 Å². The number of nitrogen functional groups attached to an aromatic ring is 1. The molecular formula is C20H24N4O. The van der Waals surface area contributed by atoms with E-state index in [0.29, 0.717) is 17.4 Å². The zero-order valence-electron chi connectivity index (χ0n) is 14.4. The van der Waals surface area contributed by atoms with Crippen LogP contribution in [-0.2, 0) is 12.8 Å². The third-order valence-electron chi connectivity index (χ3n) is 5.47. The van der Waals surface area contributed by atoms with E-state index < -0.39 is 0 Å². The Balaban J connectivity index is 1.36. The first-order chi connectivity index (χ1) is 12.2. The van der Waals surface area contributed by atoms with Crippen molar-refractivity contribution in [3.05, 3.63) is 59.3 Å². The molecule has 2 aromatic rings. The van der Waals surface area contributed by atoms with Gasteiger partial charge in [-0.25, -0.2) is 4.98 Å². The number of pyridine rings is 1. The minimum absolute atomic E-state index is 0.0566. The van der Waals surface area contributed by atoms with Crippen LogP contribution in [0.3, 0.4) is 0 Å². The van der Waals surface area contributed by atoms with Gasteiger partial charge in [-0.15, -0.1) is 0 Å². The molecule has 1 aliphatic carbocycles. The highest BCUT2D eigenvalue weighted by molar-refractivity contribution is 5.94. The Morgan fingerprint density at radius 1 is 1.04 bits per heavy atom. The van der Waals surface area contributed by atoms with Crippen molar-refractivity contribution in [1.29, 1.82) is 0 Å². The van der Waals surface area contributed by atoms with E-state index in [2.05, 4.69) is 34.1 Å². The van der Waals surface area contributed by atoms with Crippen molar-refractivity contribution < 1.29 is 4.79 Å². The topological polar surface area (TPSA) is 62.5 Å². The van der Waals surface area contributed by atoms with Crippen LogP contribution in [0, 0.1) is 0 Å². The molecule has 0 unspecified atom stereocenters. The molecule has 2 N–H and O–H groups in total. The third-order valence-corrected chi connectivity index (χ3v) is 5.47. The predicted octanol–water partition coefficient (Wildman–Crippen LogP) is 1.98. The Labute approximate surface area is 148 Å². The Morgan fingerprint density at radius 2 is 1.80 bits per heavy atom. The molecule has 0 saturated carbocycles. The highest BCUT2D eigenvalue weighted by atomic mass is 16.2. The van der Waals surface area contributed by atoms with E-state index in [1.54, 1.807) is 18.3 Å². The van der Waals surface area contributed by atoms with Gasteiger partial charge in [0.05, 0.1) is 5.56 Å². The van der Waals surface area contributed by atoms with Crippen molar-refractivity contribution in [2.75, 3.05) is 31.9 Å². The number of hydrogen-bond acceptors (Lipinski definition) is 4. The molecule has 5 nitrogen and oxygen atoms in total. The van der Waals surface area contributed by atoms with E-state index in [1.807, 2.05) is 4.90 Å². The molecule has 5 heteroatoms. The fraction of sp³-hybridized carbons (Fsp3) is 0.400. The number of rotatable bonds is 2. The number of aromatic nitrogens is 1. The molecule has 4 rings (SSSR count). The van der Waals surface area contributed by atoms with Crippen LogP contribution >= 0.6 is 0 Å². The van der Waals surface area contributed by atoms with Crippen molar-refractivity contribution in [1.82, 2.24) is 14.8 Å². The zero-order chi connectivity index (χ0) is 17.2. The smallest absolute Gasteiger partial charge is 0.255 e. The summed E-state index contributed by atoms with van der Waals surface area (Å²) in [6.07, 6.45) is 5.08. The van der Waals surface area contributed by atoms with Gasteiger partial charge in [-0.1, -0.05) is 24.3 Å². The highest BCUT2D eigenvalue weighted by Crippen LogP contribution is 2.25. The molecule has 1 fully saturated rings. The molecule has 2 heterocycles. The van der Waals surface area contributed by atoms with Crippen LogP contribution in [0.1, 0.15) is 27.9 Å². The van der Waals surface area contributed by atoms with Gasteiger partial charge in [0.25, 0.3) is 5.91 Å². The minimum atomic E-state index is 0.0566. The number of nitrogens with two attached hydrogens (primary N) is 1. The maximum absolute atomic E-state index is 12.6. The van der Waals surface area contributed by atoms with Gasteiger partial charge in [0, 0.05) is 38.4 Å². The number of carbonyl (C=O) groups is 1. The second-order valence-corrected chi connectivity index (χ2v) is 6.97. The van der Waals surface area contributed by atoms with Crippen molar-refractivity contribution in [3.8, 4) is 0 Å². The number of anilines is 1. The summed E-state index contributed by atoms with van der Waals surface area (Å²) in [5, 5.41) is 0. The lowest BCUT2D eigenvalue weighted by Crippen LogP contribution is -2.53. The molecule has 1 amide bonds. The molecule has 0 spiro atoms. The van der Waals surface area contributed by atoms with Gasteiger partial charge >= 0.3 is 0 Å². The number of amides is 1. The number of aryl methyl sites for hydroxylation is 1. The lowest BCUT2D eigenvalue weighted by molar-refractivity contribution is 0.0552. The Morgan fingerprint density at radius 3 is 2.52 bits per heavy atom. The van der Waals surface area contributed by atoms with Crippen molar-refractivity contribution in [2.24, 2.45) is 0 Å². The summed E-state index contributed by atoms with van der Waals surface area (Å²) in [5.41, 5.74) is 9.21. The number of benzene rings is 1. The molecular weight excluding hydrogens is 312 g/mol. The summed E-state index contributed by atoms with van der Waals surface area (Å²) in [4.78, 5) is 21.1. The molecule has 25 heavy (non-hydrogen) atoms. The Hall–Kier alpha value is -2.40. The summed E-state index contributed by atoms with van der Waals surface area (Å²) in [5.74, 6) is 0.500. The number of fused-ring (bicyclic) bond motifs is 1. The average molecular weight is 336 g/mol. The average Bonchev–Trinajstić information content (AvgIpc) is 2.68. The van der Waals surface area contributed by atoms with Gasteiger partial charge in [0.1, 0.15) is 5.82 Å². The summed E-state index contributed by atoms with van der Waals surface area (Å²) in [6.45, 7) is 3.45. The van der Waals surface area contributed by atoms with Crippen LogP contribution in [-0.4, -0.2) is 52.9 Å². The van der Waals surface area contributed by atoms with E-state index in [-0.39, 0.29) is 5.91 Å². The summed E-state index contributed by atoms with van der Waals surface area (Å²) < 4.78 is 0. The SMILES string of the molecule is Nc1ccc(C(=O)N2CCN([C@@H]3CCc4ccccc4C3)CC2)cn1. The van der Waals surface area contributed by atoms with Gasteiger partial charge in [-0.3, -0.25) is 9.69 Å². The maximum atomic E-state index is 12.6. The monoisotopic (exact) mass is 336 g/mol. The second kappa shape index (κ2) is 6.84.